The quantitative estimate of drug-likeness (QED) is 0.274. The fourth-order valence-electron chi connectivity index (χ4n) is 1.41. The lowest BCUT2D eigenvalue weighted by Crippen LogP contribution is -2.47. The molecular formula is C14H20N4O5. The van der Waals surface area contributed by atoms with E-state index in [4.69, 9.17) is 20.3 Å². The molecule has 0 saturated carbocycles. The first-order valence-corrected chi connectivity index (χ1v) is 6.84. The predicted molar refractivity (Wildman–Crippen MR) is 78.1 cm³/mol. The topological polar surface area (TPSA) is 142 Å². The van der Waals surface area contributed by atoms with E-state index in [0.717, 1.165) is 0 Å². The van der Waals surface area contributed by atoms with Gasteiger partial charge in [0.2, 0.25) is 11.7 Å². The minimum atomic E-state index is -1.37. The molecular weight excluding hydrogens is 304 g/mol. The number of carbonyl (C=O) groups is 3. The van der Waals surface area contributed by atoms with Gasteiger partial charge >= 0.3 is 12.2 Å². The van der Waals surface area contributed by atoms with Gasteiger partial charge in [-0.1, -0.05) is 0 Å². The van der Waals surface area contributed by atoms with Crippen molar-refractivity contribution in [1.82, 2.24) is 5.32 Å². The number of hydrogen-bond acceptors (Lipinski definition) is 6. The smallest absolute Gasteiger partial charge is 0.330 e. The van der Waals surface area contributed by atoms with Gasteiger partial charge in [0.1, 0.15) is 18.2 Å². The number of carbonyl (C=O) groups excluding carboxylic acids is 3. The van der Waals surface area contributed by atoms with Crippen LogP contribution in [0.15, 0.2) is 0 Å². The third kappa shape index (κ3) is 7.85. The average Bonchev–Trinajstić information content (AvgIpc) is 2.49. The Kier molecular flexibility index (Phi) is 8.40. The molecule has 0 aliphatic carbocycles. The van der Waals surface area contributed by atoms with Crippen molar-refractivity contribution in [2.45, 2.75) is 51.4 Å². The molecule has 0 radical (unpaired) electrons. The van der Waals surface area contributed by atoms with Crippen LogP contribution < -0.4 is 5.32 Å². The fourth-order valence-corrected chi connectivity index (χ4v) is 1.41. The predicted octanol–water partition coefficient (Wildman–Crippen LogP) is 0.00138. The maximum atomic E-state index is 12.1. The molecule has 9 heteroatoms. The van der Waals surface area contributed by atoms with E-state index >= 15 is 0 Å². The number of Topliss-reactive ketones (excluding diaryl/α,β-unsaturated/α-hetero) is 1. The summed E-state index contributed by atoms with van der Waals surface area (Å²) in [5.74, 6) is -1.94. The highest BCUT2D eigenvalue weighted by Gasteiger charge is 2.30. The largest absolute Gasteiger partial charge is 0.443 e. The van der Waals surface area contributed by atoms with Gasteiger partial charge in [-0.3, -0.25) is 9.59 Å². The summed E-state index contributed by atoms with van der Waals surface area (Å²) in [6.07, 6.45) is -0.337. The van der Waals surface area contributed by atoms with E-state index in [-0.39, 0.29) is 12.8 Å². The van der Waals surface area contributed by atoms with Gasteiger partial charge in [0.05, 0.1) is 0 Å². The first kappa shape index (κ1) is 20.4. The minimum absolute atomic E-state index is 0.0760. The molecule has 0 fully saturated rings. The van der Waals surface area contributed by atoms with Crippen molar-refractivity contribution in [3.05, 3.63) is 5.53 Å². The summed E-state index contributed by atoms with van der Waals surface area (Å²) < 4.78 is 9.85. The second kappa shape index (κ2) is 9.46. The van der Waals surface area contributed by atoms with E-state index in [2.05, 4.69) is 10.1 Å². The lowest BCUT2D eigenvalue weighted by atomic mass is 10.1. The summed E-state index contributed by atoms with van der Waals surface area (Å²) >= 11 is 0. The maximum Gasteiger partial charge on any atom is 0.330 e. The van der Waals surface area contributed by atoms with Crippen molar-refractivity contribution >= 4 is 23.9 Å². The van der Waals surface area contributed by atoms with Crippen LogP contribution in [0.1, 0.15) is 33.6 Å². The zero-order valence-electron chi connectivity index (χ0n) is 13.5. The Morgan fingerprint density at radius 1 is 1.43 bits per heavy atom. The number of nitriles is 1. The monoisotopic (exact) mass is 324 g/mol. The molecule has 126 valence electrons. The second-order valence-electron chi connectivity index (χ2n) is 5.23. The number of esters is 1. The SMILES string of the molecule is CO[C@H](C)C(=O)N[C@@H](CCC(=O)C=[N+]=[N-])C(=O)OC(C)(C)C#N. The van der Waals surface area contributed by atoms with Crippen LogP contribution in [-0.4, -0.2) is 53.5 Å². The molecule has 0 spiro atoms. The summed E-state index contributed by atoms with van der Waals surface area (Å²) in [6.45, 7) is 4.27. The Labute approximate surface area is 134 Å². The summed E-state index contributed by atoms with van der Waals surface area (Å²) in [5, 5.41) is 11.3. The standard InChI is InChI=1S/C14H20N4O5/c1-9(22-4)12(20)18-11(6-5-10(19)7-17-16)13(21)23-14(2,3)8-15/h7,9,11H,5-6H2,1-4H3,(H,18,20)/t9-,11+/m1/s1. The van der Waals surface area contributed by atoms with E-state index in [1.54, 1.807) is 6.07 Å². The van der Waals surface area contributed by atoms with Crippen LogP contribution >= 0.6 is 0 Å². The van der Waals surface area contributed by atoms with Crippen molar-refractivity contribution in [3.63, 3.8) is 0 Å². The van der Waals surface area contributed by atoms with Crippen LogP contribution in [0.2, 0.25) is 0 Å². The highest BCUT2D eigenvalue weighted by atomic mass is 16.6. The fraction of sp³-hybridized carbons (Fsp3) is 0.643. The van der Waals surface area contributed by atoms with Gasteiger partial charge in [-0.05, 0) is 27.2 Å². The highest BCUT2D eigenvalue weighted by molar-refractivity contribution is 6.25. The number of rotatable bonds is 9. The molecule has 0 aromatic heterocycles. The molecule has 1 N–H and O–H groups in total. The molecule has 23 heavy (non-hydrogen) atoms. The molecule has 0 saturated heterocycles. The molecule has 0 aliphatic heterocycles. The Hall–Kier alpha value is -2.56. The average molecular weight is 324 g/mol. The van der Waals surface area contributed by atoms with Crippen LogP contribution in [-0.2, 0) is 23.9 Å². The van der Waals surface area contributed by atoms with Crippen LogP contribution in [0.5, 0.6) is 0 Å². The first-order chi connectivity index (χ1) is 10.7. The third-order valence-electron chi connectivity index (χ3n) is 2.83. The highest BCUT2D eigenvalue weighted by Crippen LogP contribution is 2.11. The molecule has 9 nitrogen and oxygen atoms in total. The Morgan fingerprint density at radius 2 is 2.04 bits per heavy atom. The molecule has 0 aromatic carbocycles. The van der Waals surface area contributed by atoms with Crippen molar-refractivity contribution in [2.75, 3.05) is 7.11 Å². The number of ketones is 1. The van der Waals surface area contributed by atoms with E-state index in [0.29, 0.717) is 6.21 Å². The van der Waals surface area contributed by atoms with Gasteiger partial charge in [-0.15, -0.1) is 0 Å². The minimum Gasteiger partial charge on any atom is -0.443 e. The zero-order chi connectivity index (χ0) is 18.0. The molecule has 0 bridgehead atoms. The summed E-state index contributed by atoms with van der Waals surface area (Å²) in [6, 6.07) is 0.662. The number of methoxy groups -OCH3 is 1. The Morgan fingerprint density at radius 3 is 2.52 bits per heavy atom. The van der Waals surface area contributed by atoms with Gasteiger partial charge in [0.15, 0.2) is 5.60 Å². The molecule has 1 amide bonds. The van der Waals surface area contributed by atoms with E-state index < -0.39 is 35.4 Å². The number of nitrogens with one attached hydrogen (secondary N) is 1. The molecule has 0 unspecified atom stereocenters. The summed E-state index contributed by atoms with van der Waals surface area (Å²) in [7, 11) is 1.33. The van der Waals surface area contributed by atoms with Crippen molar-refractivity contribution in [3.8, 4) is 6.07 Å². The summed E-state index contributed by atoms with van der Waals surface area (Å²) in [5.41, 5.74) is 6.91. The van der Waals surface area contributed by atoms with Gasteiger partial charge in [0.25, 0.3) is 0 Å². The number of nitrogens with zero attached hydrogens (tertiary/aromatic N) is 3. The van der Waals surface area contributed by atoms with Crippen LogP contribution in [0, 0.1) is 11.3 Å². The third-order valence-corrected chi connectivity index (χ3v) is 2.83. The van der Waals surface area contributed by atoms with Crippen molar-refractivity contribution in [2.24, 2.45) is 0 Å². The van der Waals surface area contributed by atoms with Crippen LogP contribution in [0.3, 0.4) is 0 Å². The molecule has 2 atom stereocenters. The number of amides is 1. The van der Waals surface area contributed by atoms with E-state index in [1.165, 1.54) is 27.9 Å². The molecule has 0 aliphatic rings. The van der Waals surface area contributed by atoms with Crippen molar-refractivity contribution < 1.29 is 28.6 Å². The first-order valence-electron chi connectivity index (χ1n) is 6.84. The normalized spacial score (nSPS) is 13.0. The summed E-state index contributed by atoms with van der Waals surface area (Å²) in [4.78, 5) is 37.9. The van der Waals surface area contributed by atoms with Crippen LogP contribution in [0.4, 0.5) is 0 Å². The zero-order valence-corrected chi connectivity index (χ0v) is 13.5. The lowest BCUT2D eigenvalue weighted by molar-refractivity contribution is -0.156. The molecule has 0 rings (SSSR count). The van der Waals surface area contributed by atoms with Gasteiger partial charge in [-0.25, -0.2) is 4.79 Å². The number of ether oxygens (including phenoxy) is 2. The molecule has 0 heterocycles. The maximum absolute atomic E-state index is 12.1. The Balaban J connectivity index is 5.02. The van der Waals surface area contributed by atoms with Crippen molar-refractivity contribution in [1.29, 1.82) is 5.26 Å². The lowest BCUT2D eigenvalue weighted by Gasteiger charge is -2.23. The Bertz CT molecular complexity index is 546. The second-order valence-corrected chi connectivity index (χ2v) is 5.23. The number of hydrogen-bond donors (Lipinski definition) is 1. The van der Waals surface area contributed by atoms with Gasteiger partial charge in [-0.2, -0.15) is 10.1 Å². The van der Waals surface area contributed by atoms with Gasteiger partial charge in [0, 0.05) is 13.5 Å². The van der Waals surface area contributed by atoms with E-state index in [9.17, 15) is 14.4 Å². The van der Waals surface area contributed by atoms with Gasteiger partial charge < -0.3 is 20.3 Å². The van der Waals surface area contributed by atoms with Crippen LogP contribution in [0.25, 0.3) is 5.53 Å². The van der Waals surface area contributed by atoms with E-state index in [1.807, 2.05) is 0 Å². The molecule has 0 aromatic rings.